The standard InChI is InChI=1S/C17H21N4O5P.C4H10/c1-19-15-14(20(12-18-15)11-13-7-3-2-4-8-13)16(22)21(17(19)23)9-5-6-10-26-27(24)25;1-3-4-2/h2-4,7-8,12,27H,5-6,9-11H2,1H3,(H,24,25);3-4H2,1-2H3. The third-order valence-corrected chi connectivity index (χ3v) is 5.25. The van der Waals surface area contributed by atoms with Gasteiger partial charge in [-0.25, -0.2) is 9.78 Å². The molecule has 3 aromatic rings. The lowest BCUT2D eigenvalue weighted by atomic mass is 10.2. The summed E-state index contributed by atoms with van der Waals surface area (Å²) in [5, 5.41) is 0. The molecule has 2 aromatic heterocycles. The van der Waals surface area contributed by atoms with Gasteiger partial charge in [-0.3, -0.25) is 18.5 Å². The third kappa shape index (κ3) is 6.75. The van der Waals surface area contributed by atoms with E-state index in [0.29, 0.717) is 30.6 Å². The van der Waals surface area contributed by atoms with Gasteiger partial charge in [-0.15, -0.1) is 0 Å². The van der Waals surface area contributed by atoms with E-state index in [2.05, 4.69) is 23.4 Å². The van der Waals surface area contributed by atoms with E-state index in [-0.39, 0.29) is 13.2 Å². The van der Waals surface area contributed by atoms with Gasteiger partial charge in [-0.05, 0) is 18.4 Å². The molecule has 0 aliphatic rings. The zero-order valence-corrected chi connectivity index (χ0v) is 19.3. The van der Waals surface area contributed by atoms with Crippen LogP contribution in [0.15, 0.2) is 46.2 Å². The van der Waals surface area contributed by atoms with Crippen LogP contribution in [0.3, 0.4) is 0 Å². The molecule has 1 N–H and O–H groups in total. The molecule has 3 rings (SSSR count). The molecule has 0 radical (unpaired) electrons. The fraction of sp³-hybridized carbons (Fsp3) is 0.476. The van der Waals surface area contributed by atoms with E-state index in [1.807, 2.05) is 30.3 Å². The highest BCUT2D eigenvalue weighted by molar-refractivity contribution is 7.32. The highest BCUT2D eigenvalue weighted by Gasteiger charge is 2.16. The van der Waals surface area contributed by atoms with Crippen LogP contribution in [0.25, 0.3) is 11.2 Å². The normalized spacial score (nSPS) is 11.9. The minimum Gasteiger partial charge on any atom is -0.326 e. The van der Waals surface area contributed by atoms with E-state index >= 15 is 0 Å². The van der Waals surface area contributed by atoms with Gasteiger partial charge < -0.3 is 14.0 Å². The number of benzene rings is 1. The van der Waals surface area contributed by atoms with Gasteiger partial charge in [0, 0.05) is 20.1 Å². The van der Waals surface area contributed by atoms with Crippen molar-refractivity contribution in [2.45, 2.75) is 52.6 Å². The summed E-state index contributed by atoms with van der Waals surface area (Å²) in [5.41, 5.74) is 0.914. The van der Waals surface area contributed by atoms with Crippen LogP contribution in [0.1, 0.15) is 45.1 Å². The van der Waals surface area contributed by atoms with Crippen molar-refractivity contribution >= 4 is 19.4 Å². The fourth-order valence-electron chi connectivity index (χ4n) is 2.95. The molecule has 1 atom stereocenters. The molecular weight excluding hydrogens is 419 g/mol. The molecule has 0 saturated heterocycles. The highest BCUT2D eigenvalue weighted by atomic mass is 31.1. The maximum atomic E-state index is 12.9. The lowest BCUT2D eigenvalue weighted by Crippen LogP contribution is -2.39. The molecule has 1 aromatic carbocycles. The first kappa shape index (κ1) is 24.8. The van der Waals surface area contributed by atoms with Crippen LogP contribution in [-0.4, -0.2) is 30.2 Å². The SMILES string of the molecule is CCCC.Cn1c(=O)n(CCCCO[PH](=O)O)c(=O)c2c1ncn2Cc1ccccc1. The molecule has 2 heterocycles. The number of hydrogen-bond donors (Lipinski definition) is 1. The van der Waals surface area contributed by atoms with Crippen molar-refractivity contribution in [3.8, 4) is 0 Å². The van der Waals surface area contributed by atoms with E-state index in [1.165, 1.54) is 22.0 Å². The summed E-state index contributed by atoms with van der Waals surface area (Å²) in [6, 6.07) is 9.68. The Morgan fingerprint density at radius 1 is 1.10 bits per heavy atom. The summed E-state index contributed by atoms with van der Waals surface area (Å²) in [5.74, 6) is 0. The minimum absolute atomic E-state index is 0.109. The summed E-state index contributed by atoms with van der Waals surface area (Å²) < 4.78 is 19.4. The van der Waals surface area contributed by atoms with Crippen LogP contribution in [0, 0.1) is 0 Å². The maximum absolute atomic E-state index is 12.9. The van der Waals surface area contributed by atoms with Crippen molar-refractivity contribution in [3.63, 3.8) is 0 Å². The van der Waals surface area contributed by atoms with Crippen LogP contribution < -0.4 is 11.2 Å². The summed E-state index contributed by atoms with van der Waals surface area (Å²) in [7, 11) is -1.37. The van der Waals surface area contributed by atoms with E-state index < -0.39 is 19.5 Å². The fourth-order valence-corrected chi connectivity index (χ4v) is 3.27. The van der Waals surface area contributed by atoms with Gasteiger partial charge in [-0.2, -0.15) is 0 Å². The number of aromatic nitrogens is 4. The smallest absolute Gasteiger partial charge is 0.326 e. The van der Waals surface area contributed by atoms with Crippen LogP contribution in [-0.2, 0) is 29.2 Å². The lowest BCUT2D eigenvalue weighted by Gasteiger charge is -2.10. The van der Waals surface area contributed by atoms with E-state index in [4.69, 9.17) is 4.89 Å². The zero-order valence-electron chi connectivity index (χ0n) is 18.3. The average molecular weight is 450 g/mol. The van der Waals surface area contributed by atoms with Gasteiger partial charge in [0.1, 0.15) is 0 Å². The van der Waals surface area contributed by atoms with Crippen molar-refractivity contribution in [2.24, 2.45) is 7.05 Å². The number of nitrogens with zero attached hydrogens (tertiary/aromatic N) is 4. The van der Waals surface area contributed by atoms with Crippen molar-refractivity contribution < 1.29 is 14.0 Å². The van der Waals surface area contributed by atoms with Crippen LogP contribution in [0.5, 0.6) is 0 Å². The molecule has 0 aliphatic carbocycles. The van der Waals surface area contributed by atoms with Gasteiger partial charge in [0.25, 0.3) is 5.56 Å². The number of unbranched alkanes of at least 4 members (excludes halogenated alkanes) is 2. The minimum atomic E-state index is -2.95. The predicted octanol–water partition coefficient (Wildman–Crippen LogP) is 2.93. The first-order chi connectivity index (χ1) is 14.9. The summed E-state index contributed by atoms with van der Waals surface area (Å²) >= 11 is 0. The van der Waals surface area contributed by atoms with E-state index in [1.54, 1.807) is 17.9 Å². The highest BCUT2D eigenvalue weighted by Crippen LogP contribution is 2.15. The predicted molar refractivity (Wildman–Crippen MR) is 122 cm³/mol. The van der Waals surface area contributed by atoms with Crippen molar-refractivity contribution in [2.75, 3.05) is 6.61 Å². The van der Waals surface area contributed by atoms with Gasteiger partial charge in [0.05, 0.1) is 12.9 Å². The zero-order chi connectivity index (χ0) is 22.8. The Balaban J connectivity index is 0.000000785. The Morgan fingerprint density at radius 3 is 2.39 bits per heavy atom. The maximum Gasteiger partial charge on any atom is 0.332 e. The van der Waals surface area contributed by atoms with Crippen molar-refractivity contribution in [3.05, 3.63) is 63.1 Å². The second kappa shape index (κ2) is 12.4. The number of fused-ring (bicyclic) bond motifs is 1. The molecule has 0 saturated carbocycles. The molecule has 170 valence electrons. The van der Waals surface area contributed by atoms with Crippen LogP contribution in [0.4, 0.5) is 0 Å². The number of imidazole rings is 1. The van der Waals surface area contributed by atoms with Gasteiger partial charge in [0.2, 0.25) is 0 Å². The molecule has 0 spiro atoms. The number of aryl methyl sites for hydroxylation is 1. The van der Waals surface area contributed by atoms with Gasteiger partial charge >= 0.3 is 13.9 Å². The second-order valence-corrected chi connectivity index (χ2v) is 7.97. The van der Waals surface area contributed by atoms with Crippen molar-refractivity contribution in [1.29, 1.82) is 0 Å². The van der Waals surface area contributed by atoms with Crippen molar-refractivity contribution in [1.82, 2.24) is 18.7 Å². The topological polar surface area (TPSA) is 108 Å². The van der Waals surface area contributed by atoms with E-state index in [0.717, 1.165) is 5.56 Å². The Labute approximate surface area is 181 Å². The molecule has 0 amide bonds. The number of hydrogen-bond acceptors (Lipinski definition) is 5. The first-order valence-corrected chi connectivity index (χ1v) is 11.7. The Kier molecular flexibility index (Phi) is 9.91. The molecule has 9 nitrogen and oxygen atoms in total. The van der Waals surface area contributed by atoms with Gasteiger partial charge in [0.15, 0.2) is 11.2 Å². The molecule has 0 fully saturated rings. The summed E-state index contributed by atoms with van der Waals surface area (Å²) in [6.45, 7) is 5.15. The second-order valence-electron chi connectivity index (χ2n) is 7.15. The monoisotopic (exact) mass is 450 g/mol. The first-order valence-electron chi connectivity index (χ1n) is 10.4. The Morgan fingerprint density at radius 2 is 1.77 bits per heavy atom. The van der Waals surface area contributed by atoms with Gasteiger partial charge in [-0.1, -0.05) is 57.0 Å². The lowest BCUT2D eigenvalue weighted by molar-refractivity contribution is 0.272. The molecule has 10 heteroatoms. The largest absolute Gasteiger partial charge is 0.332 e. The summed E-state index contributed by atoms with van der Waals surface area (Å²) in [6.07, 6.45) is 5.15. The molecule has 0 bridgehead atoms. The number of rotatable bonds is 9. The van der Waals surface area contributed by atoms with Crippen LogP contribution >= 0.6 is 8.25 Å². The quantitative estimate of drug-likeness (QED) is 0.397. The summed E-state index contributed by atoms with van der Waals surface area (Å²) in [4.78, 5) is 38.3. The van der Waals surface area contributed by atoms with E-state index in [9.17, 15) is 14.2 Å². The molecule has 1 unspecified atom stereocenters. The third-order valence-electron chi connectivity index (χ3n) is 4.80. The van der Waals surface area contributed by atoms with Crippen LogP contribution in [0.2, 0.25) is 0 Å². The molecule has 0 aliphatic heterocycles. The Hall–Kier alpha value is -2.48. The molecular formula is C21H31N4O5P. The average Bonchev–Trinajstić information content (AvgIpc) is 3.18. The Bertz CT molecular complexity index is 1100. The molecule has 31 heavy (non-hydrogen) atoms.